The highest BCUT2D eigenvalue weighted by molar-refractivity contribution is 9.10. The lowest BCUT2D eigenvalue weighted by molar-refractivity contribution is 0.0974. The Balaban J connectivity index is 1.97. The average molecular weight is 380 g/mol. The zero-order valence-corrected chi connectivity index (χ0v) is 14.1. The number of benzene rings is 2. The topological polar surface area (TPSA) is 62.4 Å². The van der Waals surface area contributed by atoms with E-state index < -0.39 is 0 Å². The number of amides is 1. The van der Waals surface area contributed by atoms with Crippen LogP contribution in [0.5, 0.6) is 5.75 Å². The molecule has 7 heteroatoms. The number of hydrogen-bond donors (Lipinski definition) is 3. The van der Waals surface area contributed by atoms with E-state index in [1.807, 2.05) is 30.3 Å². The molecule has 0 aliphatic carbocycles. The number of thiocarbonyl (C=S) groups is 1. The van der Waals surface area contributed by atoms with Crippen LogP contribution < -0.4 is 20.9 Å². The zero-order valence-electron chi connectivity index (χ0n) is 11.7. The summed E-state index contributed by atoms with van der Waals surface area (Å²) in [6.07, 6.45) is 0. The summed E-state index contributed by atoms with van der Waals surface area (Å²) < 4.78 is 5.95. The van der Waals surface area contributed by atoms with Crippen LogP contribution >= 0.6 is 28.1 Å². The highest BCUT2D eigenvalue weighted by Gasteiger charge is 2.14. The number of carbonyl (C=O) groups excluding carboxylic acids is 1. The van der Waals surface area contributed by atoms with E-state index >= 15 is 0 Å². The standard InChI is InChI=1S/C15H14BrN3O2S/c1-21-13-8-7-10(16)9-12(13)14(20)17-15(22)19-18-11-5-3-2-4-6-11/h2-9,18H,1H3,(H2,17,19,20,22). The number of anilines is 1. The number of para-hydroxylation sites is 1. The molecule has 3 N–H and O–H groups in total. The third-order valence-electron chi connectivity index (χ3n) is 2.73. The normalized spacial score (nSPS) is 9.73. The summed E-state index contributed by atoms with van der Waals surface area (Å²) in [7, 11) is 1.51. The molecule has 0 heterocycles. The van der Waals surface area contributed by atoms with Gasteiger partial charge in [-0.3, -0.25) is 21.0 Å². The molecule has 0 aliphatic heterocycles. The molecule has 2 aromatic rings. The molecule has 0 unspecified atom stereocenters. The second-order valence-corrected chi connectivity index (χ2v) is 5.57. The van der Waals surface area contributed by atoms with E-state index in [1.165, 1.54) is 7.11 Å². The van der Waals surface area contributed by atoms with Crippen LogP contribution in [0.15, 0.2) is 53.0 Å². The van der Waals surface area contributed by atoms with Gasteiger partial charge in [-0.25, -0.2) is 0 Å². The van der Waals surface area contributed by atoms with Crippen LogP contribution in [0.1, 0.15) is 10.4 Å². The van der Waals surface area contributed by atoms with Gasteiger partial charge in [0, 0.05) is 4.47 Å². The Labute approximate surface area is 142 Å². The number of nitrogens with one attached hydrogen (secondary N) is 3. The summed E-state index contributed by atoms with van der Waals surface area (Å²) in [5.41, 5.74) is 6.87. The first-order chi connectivity index (χ1) is 10.6. The maximum absolute atomic E-state index is 12.2. The van der Waals surface area contributed by atoms with E-state index in [-0.39, 0.29) is 11.0 Å². The van der Waals surface area contributed by atoms with Crippen LogP contribution in [0.3, 0.4) is 0 Å². The highest BCUT2D eigenvalue weighted by atomic mass is 79.9. The van der Waals surface area contributed by atoms with Gasteiger partial charge < -0.3 is 4.74 Å². The molecule has 0 saturated carbocycles. The minimum Gasteiger partial charge on any atom is -0.496 e. The van der Waals surface area contributed by atoms with Gasteiger partial charge in [-0.15, -0.1) is 0 Å². The van der Waals surface area contributed by atoms with Crippen LogP contribution in [0.25, 0.3) is 0 Å². The molecule has 22 heavy (non-hydrogen) atoms. The minimum absolute atomic E-state index is 0.163. The Bertz CT molecular complexity index is 680. The molecule has 0 saturated heterocycles. The van der Waals surface area contributed by atoms with Crippen LogP contribution in [0.4, 0.5) is 5.69 Å². The van der Waals surface area contributed by atoms with Crippen molar-refractivity contribution in [1.29, 1.82) is 0 Å². The maximum atomic E-state index is 12.2. The smallest absolute Gasteiger partial charge is 0.261 e. The summed E-state index contributed by atoms with van der Waals surface area (Å²) in [6, 6.07) is 14.6. The Hall–Kier alpha value is -2.12. The molecule has 0 fully saturated rings. The molecule has 0 aromatic heterocycles. The van der Waals surface area contributed by atoms with E-state index in [0.717, 1.165) is 10.2 Å². The maximum Gasteiger partial charge on any atom is 0.261 e. The third-order valence-corrected chi connectivity index (χ3v) is 3.42. The van der Waals surface area contributed by atoms with Gasteiger partial charge in [0.05, 0.1) is 18.4 Å². The SMILES string of the molecule is COc1ccc(Br)cc1C(=O)NC(=S)NNc1ccccc1. The quantitative estimate of drug-likeness (QED) is 0.562. The van der Waals surface area contributed by atoms with Crippen molar-refractivity contribution in [1.82, 2.24) is 10.7 Å². The lowest BCUT2D eigenvalue weighted by Crippen LogP contribution is -2.42. The van der Waals surface area contributed by atoms with Crippen molar-refractivity contribution < 1.29 is 9.53 Å². The van der Waals surface area contributed by atoms with Crippen molar-refractivity contribution in [2.45, 2.75) is 0 Å². The Morgan fingerprint density at radius 1 is 1.18 bits per heavy atom. The zero-order chi connectivity index (χ0) is 15.9. The predicted octanol–water partition coefficient (Wildman–Crippen LogP) is 3.09. The number of hydrazine groups is 1. The number of methoxy groups -OCH3 is 1. The van der Waals surface area contributed by atoms with E-state index in [0.29, 0.717) is 11.3 Å². The minimum atomic E-state index is -0.356. The first-order valence-electron chi connectivity index (χ1n) is 6.36. The van der Waals surface area contributed by atoms with Gasteiger partial charge in [0.15, 0.2) is 5.11 Å². The van der Waals surface area contributed by atoms with Crippen molar-refractivity contribution in [2.24, 2.45) is 0 Å². The van der Waals surface area contributed by atoms with Gasteiger partial charge in [0.1, 0.15) is 5.75 Å². The van der Waals surface area contributed by atoms with Crippen LogP contribution in [0, 0.1) is 0 Å². The van der Waals surface area contributed by atoms with Gasteiger partial charge in [-0.2, -0.15) is 0 Å². The molecule has 0 radical (unpaired) electrons. The average Bonchev–Trinajstić information content (AvgIpc) is 2.54. The van der Waals surface area contributed by atoms with Crippen molar-refractivity contribution in [3.05, 3.63) is 58.6 Å². The first kappa shape index (κ1) is 16.3. The predicted molar refractivity (Wildman–Crippen MR) is 94.0 cm³/mol. The fourth-order valence-corrected chi connectivity index (χ4v) is 2.21. The van der Waals surface area contributed by atoms with Gasteiger partial charge in [-0.1, -0.05) is 34.1 Å². The van der Waals surface area contributed by atoms with Crippen molar-refractivity contribution >= 4 is 44.9 Å². The van der Waals surface area contributed by atoms with Crippen LogP contribution in [-0.4, -0.2) is 18.1 Å². The molecule has 2 rings (SSSR count). The van der Waals surface area contributed by atoms with Crippen molar-refractivity contribution in [2.75, 3.05) is 12.5 Å². The number of rotatable bonds is 4. The van der Waals surface area contributed by atoms with Gasteiger partial charge in [0.25, 0.3) is 5.91 Å². The Kier molecular flexibility index (Phi) is 5.74. The number of halogens is 1. The summed E-state index contributed by atoms with van der Waals surface area (Å²) in [4.78, 5) is 12.2. The van der Waals surface area contributed by atoms with Crippen molar-refractivity contribution in [3.8, 4) is 5.75 Å². The molecule has 0 bridgehead atoms. The molecule has 1 amide bonds. The van der Waals surface area contributed by atoms with E-state index in [2.05, 4.69) is 32.1 Å². The lowest BCUT2D eigenvalue weighted by Gasteiger charge is -2.13. The molecule has 0 spiro atoms. The fourth-order valence-electron chi connectivity index (χ4n) is 1.71. The number of hydrogen-bond acceptors (Lipinski definition) is 4. The molecule has 114 valence electrons. The number of ether oxygens (including phenoxy) is 1. The van der Waals surface area contributed by atoms with E-state index in [1.54, 1.807) is 18.2 Å². The Morgan fingerprint density at radius 3 is 2.59 bits per heavy atom. The third kappa shape index (κ3) is 4.44. The molecule has 0 aliphatic rings. The molecule has 2 aromatic carbocycles. The summed E-state index contributed by atoms with van der Waals surface area (Å²) >= 11 is 8.41. The van der Waals surface area contributed by atoms with Crippen LogP contribution in [0.2, 0.25) is 0 Å². The molecular formula is C15H14BrN3O2S. The van der Waals surface area contributed by atoms with E-state index in [4.69, 9.17) is 17.0 Å². The highest BCUT2D eigenvalue weighted by Crippen LogP contribution is 2.22. The lowest BCUT2D eigenvalue weighted by atomic mass is 10.2. The Morgan fingerprint density at radius 2 is 1.91 bits per heavy atom. The molecular weight excluding hydrogens is 366 g/mol. The fraction of sp³-hybridized carbons (Fsp3) is 0.0667. The second-order valence-electron chi connectivity index (χ2n) is 4.24. The molecule has 5 nitrogen and oxygen atoms in total. The van der Waals surface area contributed by atoms with Crippen LogP contribution in [-0.2, 0) is 0 Å². The summed E-state index contributed by atoms with van der Waals surface area (Å²) in [6.45, 7) is 0. The first-order valence-corrected chi connectivity index (χ1v) is 7.56. The number of carbonyl (C=O) groups is 1. The molecule has 0 atom stereocenters. The summed E-state index contributed by atoms with van der Waals surface area (Å²) in [5.74, 6) is 0.116. The van der Waals surface area contributed by atoms with Crippen molar-refractivity contribution in [3.63, 3.8) is 0 Å². The monoisotopic (exact) mass is 379 g/mol. The van der Waals surface area contributed by atoms with Gasteiger partial charge in [-0.05, 0) is 42.5 Å². The second kappa shape index (κ2) is 7.77. The largest absolute Gasteiger partial charge is 0.496 e. The summed E-state index contributed by atoms with van der Waals surface area (Å²) in [5, 5.41) is 2.75. The van der Waals surface area contributed by atoms with E-state index in [9.17, 15) is 4.79 Å². The van der Waals surface area contributed by atoms with Gasteiger partial charge >= 0.3 is 0 Å². The van der Waals surface area contributed by atoms with Gasteiger partial charge in [0.2, 0.25) is 0 Å².